The van der Waals surface area contributed by atoms with E-state index in [1.54, 1.807) is 0 Å². The SMILES string of the molecule is Cn1cc(S(=O)(=O)NC2CC3CCC2C3)cc1C(=O)O. The molecule has 0 saturated heterocycles. The van der Waals surface area contributed by atoms with Crippen LogP contribution in [-0.2, 0) is 17.1 Å². The second-order valence-corrected chi connectivity index (χ2v) is 7.59. The molecule has 2 fully saturated rings. The van der Waals surface area contributed by atoms with Crippen molar-refractivity contribution >= 4 is 16.0 Å². The number of hydrogen-bond donors (Lipinski definition) is 2. The van der Waals surface area contributed by atoms with Crippen LogP contribution in [0, 0.1) is 11.8 Å². The Morgan fingerprint density at radius 3 is 2.65 bits per heavy atom. The lowest BCUT2D eigenvalue weighted by molar-refractivity contribution is 0.0686. The van der Waals surface area contributed by atoms with Crippen LogP contribution in [0.1, 0.15) is 36.2 Å². The fraction of sp³-hybridized carbons (Fsp3) is 0.615. The lowest BCUT2D eigenvalue weighted by atomic mass is 9.96. The Morgan fingerprint density at radius 2 is 2.15 bits per heavy atom. The highest BCUT2D eigenvalue weighted by atomic mass is 32.2. The van der Waals surface area contributed by atoms with E-state index in [0.717, 1.165) is 19.3 Å². The number of carboxylic acid groups (broad SMARTS) is 1. The number of sulfonamides is 1. The van der Waals surface area contributed by atoms with E-state index in [-0.39, 0.29) is 16.6 Å². The highest BCUT2D eigenvalue weighted by molar-refractivity contribution is 7.89. The second-order valence-electron chi connectivity index (χ2n) is 5.88. The van der Waals surface area contributed by atoms with E-state index in [1.807, 2.05) is 0 Å². The van der Waals surface area contributed by atoms with Gasteiger partial charge in [0, 0.05) is 19.3 Å². The van der Waals surface area contributed by atoms with Crippen LogP contribution in [-0.4, -0.2) is 30.1 Å². The van der Waals surface area contributed by atoms with Crippen LogP contribution in [0.5, 0.6) is 0 Å². The average Bonchev–Trinajstić information content (AvgIpc) is 3.02. The van der Waals surface area contributed by atoms with Crippen molar-refractivity contribution in [2.75, 3.05) is 0 Å². The first kappa shape index (κ1) is 13.6. The molecular formula is C13H18N2O4S. The maximum atomic E-state index is 12.3. The minimum atomic E-state index is -3.64. The van der Waals surface area contributed by atoms with E-state index in [4.69, 9.17) is 5.11 Å². The molecule has 1 aromatic rings. The maximum Gasteiger partial charge on any atom is 0.352 e. The zero-order valence-electron chi connectivity index (χ0n) is 11.2. The van der Waals surface area contributed by atoms with Crippen molar-refractivity contribution in [3.05, 3.63) is 18.0 Å². The molecule has 0 spiro atoms. The van der Waals surface area contributed by atoms with Gasteiger partial charge < -0.3 is 9.67 Å². The lowest BCUT2D eigenvalue weighted by Crippen LogP contribution is -2.38. The van der Waals surface area contributed by atoms with Crippen molar-refractivity contribution < 1.29 is 18.3 Å². The van der Waals surface area contributed by atoms with Gasteiger partial charge in [-0.25, -0.2) is 17.9 Å². The summed E-state index contributed by atoms with van der Waals surface area (Å²) in [7, 11) is -2.11. The van der Waals surface area contributed by atoms with Crippen LogP contribution in [0.2, 0.25) is 0 Å². The molecule has 1 aromatic heterocycles. The predicted molar refractivity (Wildman–Crippen MR) is 71.9 cm³/mol. The third-order valence-corrected chi connectivity index (χ3v) is 6.01. The molecule has 2 N–H and O–H groups in total. The molecule has 0 aliphatic heterocycles. The smallest absolute Gasteiger partial charge is 0.352 e. The van der Waals surface area contributed by atoms with Crippen LogP contribution in [0.4, 0.5) is 0 Å². The molecule has 2 aliphatic carbocycles. The van der Waals surface area contributed by atoms with Gasteiger partial charge in [-0.1, -0.05) is 6.42 Å². The number of fused-ring (bicyclic) bond motifs is 2. The van der Waals surface area contributed by atoms with Crippen LogP contribution in [0.25, 0.3) is 0 Å². The van der Waals surface area contributed by atoms with Crippen molar-refractivity contribution in [2.24, 2.45) is 18.9 Å². The first-order valence-electron chi connectivity index (χ1n) is 6.79. The van der Waals surface area contributed by atoms with Crippen molar-refractivity contribution in [3.8, 4) is 0 Å². The largest absolute Gasteiger partial charge is 0.477 e. The summed E-state index contributed by atoms with van der Waals surface area (Å²) in [6.07, 6.45) is 5.66. The van der Waals surface area contributed by atoms with Gasteiger partial charge in [-0.2, -0.15) is 0 Å². The number of carboxylic acids is 1. The van der Waals surface area contributed by atoms with Crippen molar-refractivity contribution in [1.82, 2.24) is 9.29 Å². The topological polar surface area (TPSA) is 88.4 Å². The van der Waals surface area contributed by atoms with Gasteiger partial charge >= 0.3 is 5.97 Å². The van der Waals surface area contributed by atoms with Gasteiger partial charge in [-0.05, 0) is 37.2 Å². The minimum absolute atomic E-state index is 0.00670. The molecule has 3 rings (SSSR count). The fourth-order valence-corrected chi connectivity index (χ4v) is 4.94. The molecule has 0 aromatic carbocycles. The Labute approximate surface area is 117 Å². The van der Waals surface area contributed by atoms with Gasteiger partial charge in [0.1, 0.15) is 10.6 Å². The summed E-state index contributed by atoms with van der Waals surface area (Å²) in [5.74, 6) is -0.0376. The molecule has 2 bridgehead atoms. The second kappa shape index (κ2) is 4.60. The molecule has 0 radical (unpaired) electrons. The van der Waals surface area contributed by atoms with Crippen LogP contribution < -0.4 is 4.72 Å². The van der Waals surface area contributed by atoms with Crippen LogP contribution in [0.15, 0.2) is 17.2 Å². The number of rotatable bonds is 4. The van der Waals surface area contributed by atoms with Gasteiger partial charge in [0.25, 0.3) is 0 Å². The fourth-order valence-electron chi connectivity index (χ4n) is 3.55. The van der Waals surface area contributed by atoms with E-state index in [1.165, 1.54) is 30.3 Å². The standard InChI is InChI=1S/C13H18N2O4S/c1-15-7-10(6-12(15)13(16)17)20(18,19)14-11-5-8-2-3-9(11)4-8/h6-9,11,14H,2-5H2,1H3,(H,16,17). The number of aromatic carboxylic acids is 1. The molecule has 20 heavy (non-hydrogen) atoms. The highest BCUT2D eigenvalue weighted by Crippen LogP contribution is 2.44. The normalized spacial score (nSPS) is 28.9. The Kier molecular flexibility index (Phi) is 3.13. The monoisotopic (exact) mass is 298 g/mol. The van der Waals surface area contributed by atoms with E-state index in [2.05, 4.69) is 4.72 Å². The summed E-state index contributed by atoms with van der Waals surface area (Å²) in [5.41, 5.74) is -0.0293. The number of nitrogens with zero attached hydrogens (tertiary/aromatic N) is 1. The van der Waals surface area contributed by atoms with Crippen molar-refractivity contribution in [2.45, 2.75) is 36.6 Å². The van der Waals surface area contributed by atoms with Gasteiger partial charge in [-0.15, -0.1) is 0 Å². The summed E-state index contributed by atoms with van der Waals surface area (Å²) in [4.78, 5) is 11.0. The Bertz CT molecular complexity index is 649. The first-order valence-corrected chi connectivity index (χ1v) is 8.27. The lowest BCUT2D eigenvalue weighted by Gasteiger charge is -2.22. The Hall–Kier alpha value is -1.34. The van der Waals surface area contributed by atoms with Crippen LogP contribution >= 0.6 is 0 Å². The zero-order valence-corrected chi connectivity index (χ0v) is 12.1. The molecule has 110 valence electrons. The van der Waals surface area contributed by atoms with E-state index >= 15 is 0 Å². The minimum Gasteiger partial charge on any atom is -0.477 e. The molecule has 2 saturated carbocycles. The molecule has 3 atom stereocenters. The Balaban J connectivity index is 1.81. The number of aryl methyl sites for hydroxylation is 1. The zero-order chi connectivity index (χ0) is 14.5. The van der Waals surface area contributed by atoms with Gasteiger partial charge in [0.05, 0.1) is 0 Å². The molecular weight excluding hydrogens is 280 g/mol. The molecule has 7 heteroatoms. The average molecular weight is 298 g/mol. The number of carbonyl (C=O) groups is 1. The number of hydrogen-bond acceptors (Lipinski definition) is 3. The Morgan fingerprint density at radius 1 is 1.40 bits per heavy atom. The third kappa shape index (κ3) is 2.25. The van der Waals surface area contributed by atoms with E-state index in [9.17, 15) is 13.2 Å². The molecule has 2 aliphatic rings. The molecule has 0 amide bonds. The summed E-state index contributed by atoms with van der Waals surface area (Å²) < 4.78 is 28.7. The summed E-state index contributed by atoms with van der Waals surface area (Å²) in [6.45, 7) is 0. The number of aromatic nitrogens is 1. The van der Waals surface area contributed by atoms with E-state index in [0.29, 0.717) is 11.8 Å². The molecule has 3 unspecified atom stereocenters. The van der Waals surface area contributed by atoms with Gasteiger partial charge in [0.2, 0.25) is 10.0 Å². The van der Waals surface area contributed by atoms with Gasteiger partial charge in [0.15, 0.2) is 0 Å². The maximum absolute atomic E-state index is 12.3. The van der Waals surface area contributed by atoms with Gasteiger partial charge in [-0.3, -0.25) is 0 Å². The summed E-state index contributed by atoms with van der Waals surface area (Å²) in [6, 6.07) is 1.21. The predicted octanol–water partition coefficient (Wildman–Crippen LogP) is 1.19. The summed E-state index contributed by atoms with van der Waals surface area (Å²) >= 11 is 0. The quantitative estimate of drug-likeness (QED) is 0.874. The van der Waals surface area contributed by atoms with Crippen molar-refractivity contribution in [3.63, 3.8) is 0 Å². The first-order chi connectivity index (χ1) is 9.37. The number of nitrogens with one attached hydrogen (secondary N) is 1. The van der Waals surface area contributed by atoms with E-state index < -0.39 is 16.0 Å². The highest BCUT2D eigenvalue weighted by Gasteiger charge is 2.41. The van der Waals surface area contributed by atoms with Crippen molar-refractivity contribution in [1.29, 1.82) is 0 Å². The molecule has 6 nitrogen and oxygen atoms in total. The third-order valence-electron chi connectivity index (χ3n) is 4.55. The van der Waals surface area contributed by atoms with Crippen LogP contribution in [0.3, 0.4) is 0 Å². The molecule has 1 heterocycles. The summed E-state index contributed by atoms with van der Waals surface area (Å²) in [5, 5.41) is 8.98.